The maximum absolute atomic E-state index is 13.0. The van der Waals surface area contributed by atoms with E-state index in [-0.39, 0.29) is 5.82 Å². The molecule has 1 aliphatic rings. The second-order valence-corrected chi connectivity index (χ2v) is 5.74. The topological polar surface area (TPSA) is 78.4 Å². The first-order chi connectivity index (χ1) is 11.6. The smallest absolute Gasteiger partial charge is 0.407 e. The van der Waals surface area contributed by atoms with Crippen molar-refractivity contribution in [2.75, 3.05) is 25.5 Å². The van der Waals surface area contributed by atoms with Gasteiger partial charge in [0, 0.05) is 38.5 Å². The van der Waals surface area contributed by atoms with Gasteiger partial charge in [-0.1, -0.05) is 12.1 Å². The van der Waals surface area contributed by atoms with Gasteiger partial charge in [0.2, 0.25) is 0 Å². The Labute approximate surface area is 139 Å². The zero-order valence-electron chi connectivity index (χ0n) is 13.4. The molecular weight excluding hydrogens is 311 g/mol. The van der Waals surface area contributed by atoms with E-state index in [4.69, 9.17) is 0 Å². The Hall–Kier alpha value is -2.70. The van der Waals surface area contributed by atoms with Crippen molar-refractivity contribution in [3.8, 4) is 0 Å². The summed E-state index contributed by atoms with van der Waals surface area (Å²) in [5.74, 6) is 1.11. The first kappa shape index (κ1) is 16.2. The molecule has 3 rings (SSSR count). The molecule has 0 spiro atoms. The van der Waals surface area contributed by atoms with E-state index in [1.165, 1.54) is 17.0 Å². The molecule has 1 aliphatic heterocycles. The van der Waals surface area contributed by atoms with Crippen molar-refractivity contribution in [1.29, 1.82) is 0 Å². The van der Waals surface area contributed by atoms with Crippen LogP contribution in [0.3, 0.4) is 0 Å². The van der Waals surface area contributed by atoms with Crippen LogP contribution in [0.4, 0.5) is 15.0 Å². The Balaban J connectivity index is 1.88. The lowest BCUT2D eigenvalue weighted by Gasteiger charge is -2.15. The van der Waals surface area contributed by atoms with Crippen molar-refractivity contribution < 1.29 is 14.3 Å². The lowest BCUT2D eigenvalue weighted by Crippen LogP contribution is -2.31. The zero-order valence-corrected chi connectivity index (χ0v) is 13.4. The molecule has 6 nitrogen and oxygen atoms in total. The van der Waals surface area contributed by atoms with Crippen LogP contribution in [-0.2, 0) is 19.3 Å². The van der Waals surface area contributed by atoms with Crippen molar-refractivity contribution >= 4 is 11.9 Å². The normalized spacial score (nSPS) is 14.0. The molecule has 0 saturated carbocycles. The lowest BCUT2D eigenvalue weighted by molar-refractivity contribution is 0.147. The summed E-state index contributed by atoms with van der Waals surface area (Å²) in [5, 5.41) is 12.3. The monoisotopic (exact) mass is 330 g/mol. The molecule has 0 aliphatic carbocycles. The molecule has 0 fully saturated rings. The highest BCUT2D eigenvalue weighted by Gasteiger charge is 2.22. The van der Waals surface area contributed by atoms with Gasteiger partial charge in [-0.05, 0) is 24.1 Å². The van der Waals surface area contributed by atoms with E-state index in [2.05, 4.69) is 15.3 Å². The molecule has 7 heteroatoms. The predicted molar refractivity (Wildman–Crippen MR) is 87.8 cm³/mol. The fourth-order valence-corrected chi connectivity index (χ4v) is 2.91. The van der Waals surface area contributed by atoms with Gasteiger partial charge in [-0.2, -0.15) is 0 Å². The van der Waals surface area contributed by atoms with Crippen LogP contribution in [0.1, 0.15) is 22.6 Å². The van der Waals surface area contributed by atoms with Gasteiger partial charge in [0.15, 0.2) is 0 Å². The molecule has 24 heavy (non-hydrogen) atoms. The molecule has 126 valence electrons. The Bertz CT molecular complexity index is 749. The van der Waals surface area contributed by atoms with Gasteiger partial charge in [0.1, 0.15) is 17.5 Å². The largest absolute Gasteiger partial charge is 0.465 e. The van der Waals surface area contributed by atoms with Gasteiger partial charge in [-0.15, -0.1) is 0 Å². The highest BCUT2D eigenvalue weighted by Crippen LogP contribution is 2.22. The summed E-state index contributed by atoms with van der Waals surface area (Å²) in [6, 6.07) is 6.27. The molecule has 0 unspecified atom stereocenters. The maximum atomic E-state index is 13.0. The van der Waals surface area contributed by atoms with Crippen molar-refractivity contribution in [1.82, 2.24) is 14.9 Å². The number of anilines is 1. The minimum atomic E-state index is -0.909. The lowest BCUT2D eigenvalue weighted by atomic mass is 10.1. The number of benzene rings is 1. The summed E-state index contributed by atoms with van der Waals surface area (Å²) >= 11 is 0. The number of carbonyl (C=O) groups is 1. The van der Waals surface area contributed by atoms with Crippen LogP contribution in [0, 0.1) is 5.82 Å². The number of fused-ring (bicyclic) bond motifs is 1. The average molecular weight is 330 g/mol. The summed E-state index contributed by atoms with van der Waals surface area (Å²) in [6.07, 6.45) is 0.753. The van der Waals surface area contributed by atoms with Gasteiger partial charge in [0.05, 0.1) is 5.69 Å². The predicted octanol–water partition coefficient (Wildman–Crippen LogP) is 2.33. The third kappa shape index (κ3) is 3.45. The Morgan fingerprint density at radius 2 is 1.96 bits per heavy atom. The molecule has 0 atom stereocenters. The van der Waals surface area contributed by atoms with Crippen molar-refractivity contribution in [3.05, 3.63) is 52.7 Å². The molecule has 0 bridgehead atoms. The highest BCUT2D eigenvalue weighted by molar-refractivity contribution is 5.65. The number of nitrogens with one attached hydrogen (secondary N) is 1. The summed E-state index contributed by atoms with van der Waals surface area (Å²) in [7, 11) is 1.80. The molecular formula is C17H19FN4O2. The fourth-order valence-electron chi connectivity index (χ4n) is 2.91. The van der Waals surface area contributed by atoms with Crippen LogP contribution in [0.15, 0.2) is 24.3 Å². The van der Waals surface area contributed by atoms with Crippen LogP contribution < -0.4 is 5.32 Å². The molecule has 2 N–H and O–H groups in total. The van der Waals surface area contributed by atoms with E-state index >= 15 is 0 Å². The summed E-state index contributed by atoms with van der Waals surface area (Å²) in [5.41, 5.74) is 2.79. The number of rotatable bonds is 3. The van der Waals surface area contributed by atoms with Gasteiger partial charge >= 0.3 is 6.09 Å². The summed E-state index contributed by atoms with van der Waals surface area (Å²) < 4.78 is 13.0. The number of carboxylic acid groups (broad SMARTS) is 1. The molecule has 1 amide bonds. The van der Waals surface area contributed by atoms with Crippen LogP contribution >= 0.6 is 0 Å². The van der Waals surface area contributed by atoms with E-state index in [1.54, 1.807) is 19.2 Å². The first-order valence-corrected chi connectivity index (χ1v) is 7.85. The maximum Gasteiger partial charge on any atom is 0.407 e. The highest BCUT2D eigenvalue weighted by atomic mass is 19.1. The fraction of sp³-hybridized carbons (Fsp3) is 0.353. The number of aromatic nitrogens is 2. The summed E-state index contributed by atoms with van der Waals surface area (Å²) in [6.45, 7) is 0.871. The van der Waals surface area contributed by atoms with Crippen LogP contribution in [-0.4, -0.2) is 46.2 Å². The average Bonchev–Trinajstić information content (AvgIpc) is 2.79. The van der Waals surface area contributed by atoms with Crippen LogP contribution in [0.5, 0.6) is 0 Å². The molecule has 1 aromatic carbocycles. The number of hydrogen-bond acceptors (Lipinski definition) is 4. The molecule has 2 aromatic rings. The van der Waals surface area contributed by atoms with Crippen molar-refractivity contribution in [2.24, 2.45) is 0 Å². The quantitative estimate of drug-likeness (QED) is 0.903. The Morgan fingerprint density at radius 3 is 2.62 bits per heavy atom. The van der Waals surface area contributed by atoms with E-state index in [1.807, 2.05) is 0 Å². The Morgan fingerprint density at radius 1 is 1.25 bits per heavy atom. The summed E-state index contributed by atoms with van der Waals surface area (Å²) in [4.78, 5) is 21.8. The van der Waals surface area contributed by atoms with Gasteiger partial charge in [0.25, 0.3) is 0 Å². The molecule has 0 saturated heterocycles. The second-order valence-electron chi connectivity index (χ2n) is 5.74. The Kier molecular flexibility index (Phi) is 4.59. The van der Waals surface area contributed by atoms with Crippen molar-refractivity contribution in [3.63, 3.8) is 0 Å². The van der Waals surface area contributed by atoms with Gasteiger partial charge in [-0.25, -0.2) is 19.2 Å². The van der Waals surface area contributed by atoms with Crippen LogP contribution in [0.25, 0.3) is 0 Å². The second kappa shape index (κ2) is 6.82. The molecule has 2 heterocycles. The van der Waals surface area contributed by atoms with Crippen LogP contribution in [0.2, 0.25) is 0 Å². The standard InChI is InChI=1S/C17H19FN4O2/c1-19-16-13-6-8-22(17(23)24)9-7-14(13)20-15(21-16)10-11-2-4-12(18)5-3-11/h2-5H,6-10H2,1H3,(H,23,24)(H,19,20,21). The van der Waals surface area contributed by atoms with Gasteiger partial charge < -0.3 is 15.3 Å². The SMILES string of the molecule is CNc1nc(Cc2ccc(F)cc2)nc2c1CCN(C(=O)O)CC2. The van der Waals surface area contributed by atoms with E-state index in [0.29, 0.717) is 38.2 Å². The number of amides is 1. The molecule has 0 radical (unpaired) electrons. The third-order valence-electron chi connectivity index (χ3n) is 4.17. The minimum Gasteiger partial charge on any atom is -0.465 e. The number of nitrogens with zero attached hydrogens (tertiary/aromatic N) is 3. The number of halogens is 1. The zero-order chi connectivity index (χ0) is 17.1. The van der Waals surface area contributed by atoms with E-state index < -0.39 is 6.09 Å². The van der Waals surface area contributed by atoms with E-state index in [9.17, 15) is 14.3 Å². The first-order valence-electron chi connectivity index (χ1n) is 7.85. The molecule has 1 aromatic heterocycles. The minimum absolute atomic E-state index is 0.272. The van der Waals surface area contributed by atoms with Gasteiger partial charge in [-0.3, -0.25) is 0 Å². The van der Waals surface area contributed by atoms with E-state index in [0.717, 1.165) is 22.6 Å². The van der Waals surface area contributed by atoms with Crippen molar-refractivity contribution in [2.45, 2.75) is 19.3 Å². The third-order valence-corrected chi connectivity index (χ3v) is 4.17. The number of hydrogen-bond donors (Lipinski definition) is 2.